The number of fused-ring (bicyclic) bond motifs is 1. The number of amides is 2. The van der Waals surface area contributed by atoms with Gasteiger partial charge in [-0.15, -0.1) is 0 Å². The number of carbonyl (C=O) groups is 2. The summed E-state index contributed by atoms with van der Waals surface area (Å²) in [5.74, 6) is 0.342. The molecule has 0 aliphatic carbocycles. The van der Waals surface area contributed by atoms with Crippen LogP contribution in [0.1, 0.15) is 39.0 Å². The number of nitrogens with one attached hydrogen (secondary N) is 1. The standard InChI is InChI=1S/C24H23N3O3/c1-15-7-6-14-25-22(15)26-23(28)20-18-8-4-5-9-19(18)24(29)27(2)21(20)16-10-12-17(30-3)13-11-16/h4-14,20-21H,1-3H3,(H,25,26,28)/t20-,21-/m1/s1. The maximum atomic E-state index is 13.5. The van der Waals surface area contributed by atoms with Crippen molar-refractivity contribution in [3.05, 3.63) is 89.1 Å². The molecule has 0 saturated heterocycles. The van der Waals surface area contributed by atoms with E-state index in [4.69, 9.17) is 4.74 Å². The van der Waals surface area contributed by atoms with Crippen LogP contribution in [0.2, 0.25) is 0 Å². The number of rotatable bonds is 4. The van der Waals surface area contributed by atoms with Crippen LogP contribution in [0.4, 0.5) is 5.82 Å². The largest absolute Gasteiger partial charge is 0.497 e. The summed E-state index contributed by atoms with van der Waals surface area (Å²) in [4.78, 5) is 32.5. The van der Waals surface area contributed by atoms with Crippen LogP contribution in [0.25, 0.3) is 0 Å². The van der Waals surface area contributed by atoms with E-state index in [9.17, 15) is 9.59 Å². The van der Waals surface area contributed by atoms with Gasteiger partial charge < -0.3 is 15.0 Å². The lowest BCUT2D eigenvalue weighted by Gasteiger charge is -2.39. The average Bonchev–Trinajstić information content (AvgIpc) is 2.77. The number of nitrogens with zero attached hydrogens (tertiary/aromatic N) is 2. The maximum Gasteiger partial charge on any atom is 0.254 e. The highest BCUT2D eigenvalue weighted by molar-refractivity contribution is 6.04. The van der Waals surface area contributed by atoms with Crippen molar-refractivity contribution in [2.75, 3.05) is 19.5 Å². The number of pyridine rings is 1. The van der Waals surface area contributed by atoms with Crippen molar-refractivity contribution >= 4 is 17.6 Å². The first-order valence-electron chi connectivity index (χ1n) is 9.73. The fourth-order valence-electron chi connectivity index (χ4n) is 3.99. The highest BCUT2D eigenvalue weighted by atomic mass is 16.5. The monoisotopic (exact) mass is 401 g/mol. The molecular formula is C24H23N3O3. The minimum absolute atomic E-state index is 0.107. The third kappa shape index (κ3) is 3.41. The number of aromatic nitrogens is 1. The molecule has 0 radical (unpaired) electrons. The second kappa shape index (κ2) is 7.99. The predicted molar refractivity (Wildman–Crippen MR) is 115 cm³/mol. The highest BCUT2D eigenvalue weighted by Gasteiger charge is 2.42. The zero-order valence-corrected chi connectivity index (χ0v) is 17.1. The zero-order valence-electron chi connectivity index (χ0n) is 17.1. The third-order valence-electron chi connectivity index (χ3n) is 5.57. The van der Waals surface area contributed by atoms with Crippen LogP contribution in [-0.4, -0.2) is 35.9 Å². The predicted octanol–water partition coefficient (Wildman–Crippen LogP) is 3.95. The van der Waals surface area contributed by atoms with Crippen LogP contribution in [0, 0.1) is 6.92 Å². The van der Waals surface area contributed by atoms with Crippen LogP contribution in [0.5, 0.6) is 5.75 Å². The molecule has 1 aromatic heterocycles. The molecule has 0 spiro atoms. The van der Waals surface area contributed by atoms with Crippen molar-refractivity contribution in [2.24, 2.45) is 0 Å². The minimum Gasteiger partial charge on any atom is -0.497 e. The Labute approximate surface area is 175 Å². The number of ether oxygens (including phenoxy) is 1. The molecule has 2 heterocycles. The normalized spacial score (nSPS) is 18.0. The van der Waals surface area contributed by atoms with E-state index in [1.807, 2.05) is 61.5 Å². The molecule has 3 aromatic rings. The molecule has 30 heavy (non-hydrogen) atoms. The van der Waals surface area contributed by atoms with Crippen LogP contribution in [0.3, 0.4) is 0 Å². The van der Waals surface area contributed by atoms with Gasteiger partial charge in [0.15, 0.2) is 0 Å². The Morgan fingerprint density at radius 3 is 2.50 bits per heavy atom. The topological polar surface area (TPSA) is 71.5 Å². The molecular weight excluding hydrogens is 378 g/mol. The number of anilines is 1. The summed E-state index contributed by atoms with van der Waals surface area (Å²) in [7, 11) is 3.34. The Kier molecular flexibility index (Phi) is 5.23. The molecule has 2 atom stereocenters. The number of hydrogen-bond acceptors (Lipinski definition) is 4. The van der Waals surface area contributed by atoms with Crippen molar-refractivity contribution in [1.29, 1.82) is 0 Å². The summed E-state index contributed by atoms with van der Waals surface area (Å²) in [6, 6.07) is 18.0. The van der Waals surface area contributed by atoms with Crippen molar-refractivity contribution in [3.8, 4) is 5.75 Å². The van der Waals surface area contributed by atoms with Gasteiger partial charge in [0.05, 0.1) is 19.1 Å². The summed E-state index contributed by atoms with van der Waals surface area (Å²) < 4.78 is 5.26. The number of hydrogen-bond donors (Lipinski definition) is 1. The number of aryl methyl sites for hydroxylation is 1. The van der Waals surface area contributed by atoms with Gasteiger partial charge in [0.2, 0.25) is 5.91 Å². The minimum atomic E-state index is -0.585. The summed E-state index contributed by atoms with van der Waals surface area (Å²) in [5.41, 5.74) is 2.99. The van der Waals surface area contributed by atoms with Crippen LogP contribution in [-0.2, 0) is 4.79 Å². The van der Waals surface area contributed by atoms with Crippen LogP contribution >= 0.6 is 0 Å². The van der Waals surface area contributed by atoms with Gasteiger partial charge in [0.1, 0.15) is 11.6 Å². The summed E-state index contributed by atoms with van der Waals surface area (Å²) in [5, 5.41) is 2.97. The van der Waals surface area contributed by atoms with Crippen molar-refractivity contribution in [3.63, 3.8) is 0 Å². The van der Waals surface area contributed by atoms with E-state index < -0.39 is 12.0 Å². The molecule has 2 aromatic carbocycles. The molecule has 6 heteroatoms. The van der Waals surface area contributed by atoms with Crippen molar-refractivity contribution in [2.45, 2.75) is 18.9 Å². The number of carbonyl (C=O) groups excluding carboxylic acids is 2. The molecule has 0 unspecified atom stereocenters. The second-order valence-corrected chi connectivity index (χ2v) is 7.36. The van der Waals surface area contributed by atoms with E-state index in [0.29, 0.717) is 22.7 Å². The lowest BCUT2D eigenvalue weighted by Crippen LogP contribution is -2.44. The van der Waals surface area contributed by atoms with E-state index in [0.717, 1.165) is 11.1 Å². The molecule has 152 valence electrons. The SMILES string of the molecule is COc1ccc([C@@H]2[C@H](C(=O)Nc3ncccc3C)c3ccccc3C(=O)N2C)cc1. The van der Waals surface area contributed by atoms with E-state index >= 15 is 0 Å². The zero-order chi connectivity index (χ0) is 21.3. The van der Waals surface area contributed by atoms with Crippen LogP contribution < -0.4 is 10.1 Å². The summed E-state index contributed by atoms with van der Waals surface area (Å²) in [6.45, 7) is 1.90. The molecule has 2 amide bonds. The second-order valence-electron chi connectivity index (χ2n) is 7.36. The molecule has 1 N–H and O–H groups in total. The first-order chi connectivity index (χ1) is 14.5. The van der Waals surface area contributed by atoms with Gasteiger partial charge in [0, 0.05) is 18.8 Å². The Hall–Kier alpha value is -3.67. The van der Waals surface area contributed by atoms with E-state index in [-0.39, 0.29) is 11.8 Å². The Bertz CT molecular complexity index is 1090. The molecule has 0 saturated carbocycles. The quantitative estimate of drug-likeness (QED) is 0.719. The van der Waals surface area contributed by atoms with Gasteiger partial charge >= 0.3 is 0 Å². The Morgan fingerprint density at radius 1 is 1.07 bits per heavy atom. The number of methoxy groups -OCH3 is 1. The first kappa shape index (κ1) is 19.6. The fraction of sp³-hybridized carbons (Fsp3) is 0.208. The molecule has 0 fully saturated rings. The molecule has 1 aliphatic rings. The van der Waals surface area contributed by atoms with Gasteiger partial charge in [-0.05, 0) is 47.9 Å². The molecule has 1 aliphatic heterocycles. The smallest absolute Gasteiger partial charge is 0.254 e. The maximum absolute atomic E-state index is 13.5. The van der Waals surface area contributed by atoms with Gasteiger partial charge in [-0.25, -0.2) is 4.98 Å². The van der Waals surface area contributed by atoms with Gasteiger partial charge in [-0.1, -0.05) is 36.4 Å². The van der Waals surface area contributed by atoms with Crippen molar-refractivity contribution in [1.82, 2.24) is 9.88 Å². The number of likely N-dealkylation sites (N-methyl/N-ethyl adjacent to an activating group) is 1. The highest BCUT2D eigenvalue weighted by Crippen LogP contribution is 2.42. The summed E-state index contributed by atoms with van der Waals surface area (Å²) >= 11 is 0. The molecule has 6 nitrogen and oxygen atoms in total. The van der Waals surface area contributed by atoms with E-state index in [1.54, 1.807) is 31.3 Å². The van der Waals surface area contributed by atoms with E-state index in [2.05, 4.69) is 10.3 Å². The molecule has 0 bridgehead atoms. The van der Waals surface area contributed by atoms with Crippen molar-refractivity contribution < 1.29 is 14.3 Å². The lowest BCUT2D eigenvalue weighted by molar-refractivity contribution is -0.119. The summed E-state index contributed by atoms with van der Waals surface area (Å²) in [6.07, 6.45) is 1.65. The third-order valence-corrected chi connectivity index (χ3v) is 5.57. The lowest BCUT2D eigenvalue weighted by atomic mass is 9.79. The Morgan fingerprint density at radius 2 is 1.80 bits per heavy atom. The Balaban J connectivity index is 1.80. The molecule has 4 rings (SSSR count). The van der Waals surface area contributed by atoms with Gasteiger partial charge in [-0.3, -0.25) is 9.59 Å². The number of benzene rings is 2. The van der Waals surface area contributed by atoms with Gasteiger partial charge in [-0.2, -0.15) is 0 Å². The fourth-order valence-corrected chi connectivity index (χ4v) is 3.99. The average molecular weight is 401 g/mol. The van der Waals surface area contributed by atoms with E-state index in [1.165, 1.54) is 0 Å². The van der Waals surface area contributed by atoms with Crippen LogP contribution in [0.15, 0.2) is 66.9 Å². The van der Waals surface area contributed by atoms with Gasteiger partial charge in [0.25, 0.3) is 5.91 Å². The first-order valence-corrected chi connectivity index (χ1v) is 9.73.